The van der Waals surface area contributed by atoms with E-state index in [2.05, 4.69) is 39.5 Å². The van der Waals surface area contributed by atoms with E-state index in [9.17, 15) is 0 Å². The molecule has 0 aliphatic carbocycles. The Morgan fingerprint density at radius 3 is 1.82 bits per heavy atom. The summed E-state index contributed by atoms with van der Waals surface area (Å²) in [4.78, 5) is 0. The van der Waals surface area contributed by atoms with Gasteiger partial charge in [0.15, 0.2) is 0 Å². The van der Waals surface area contributed by atoms with Crippen molar-refractivity contribution in [2.24, 2.45) is 5.92 Å². The second kappa shape index (κ2) is 4.39. The first-order valence-corrected chi connectivity index (χ1v) is 7.48. The highest BCUT2D eigenvalue weighted by Gasteiger charge is 2.20. The highest BCUT2D eigenvalue weighted by molar-refractivity contribution is 8.32. The smallest absolute Gasteiger partial charge is 0.0122 e. The van der Waals surface area contributed by atoms with Gasteiger partial charge in [-0.1, -0.05) is 27.2 Å². The molecular formula is C10H24S. The monoisotopic (exact) mass is 176 g/mol. The number of hydrogen-bond acceptors (Lipinski definition) is 0. The van der Waals surface area contributed by atoms with Crippen LogP contribution in [0.25, 0.3) is 0 Å². The van der Waals surface area contributed by atoms with Gasteiger partial charge < -0.3 is 0 Å². The minimum atomic E-state index is -0.324. The molecule has 0 saturated heterocycles. The lowest BCUT2D eigenvalue weighted by molar-refractivity contribution is 0.518. The molecule has 0 aromatic carbocycles. The minimum Gasteiger partial charge on any atom is -0.247 e. The van der Waals surface area contributed by atoms with Crippen molar-refractivity contribution >= 4 is 10.0 Å². The van der Waals surface area contributed by atoms with Gasteiger partial charge in [-0.3, -0.25) is 0 Å². The highest BCUT2D eigenvalue weighted by Crippen LogP contribution is 2.45. The first-order valence-electron chi connectivity index (χ1n) is 4.56. The number of rotatable bonds is 4. The van der Waals surface area contributed by atoms with E-state index in [4.69, 9.17) is 0 Å². The van der Waals surface area contributed by atoms with Crippen LogP contribution in [0.4, 0.5) is 0 Å². The molecule has 0 bridgehead atoms. The third-order valence-corrected chi connectivity index (χ3v) is 5.36. The van der Waals surface area contributed by atoms with Gasteiger partial charge in [-0.25, -0.2) is 10.0 Å². The fourth-order valence-corrected chi connectivity index (χ4v) is 2.92. The normalized spacial score (nSPS) is 19.5. The maximum absolute atomic E-state index is 2.42. The Balaban J connectivity index is 3.91. The molecule has 0 radical (unpaired) electrons. The van der Waals surface area contributed by atoms with Crippen LogP contribution in [0.2, 0.25) is 0 Å². The van der Waals surface area contributed by atoms with Gasteiger partial charge >= 0.3 is 0 Å². The summed E-state index contributed by atoms with van der Waals surface area (Å²) in [6.07, 6.45) is 9.99. The fourth-order valence-electron chi connectivity index (χ4n) is 1.39. The second-order valence-electron chi connectivity index (χ2n) is 4.40. The maximum atomic E-state index is 2.42. The van der Waals surface area contributed by atoms with Crippen LogP contribution >= 0.6 is 10.0 Å². The molecule has 11 heavy (non-hydrogen) atoms. The molecule has 1 heteroatoms. The summed E-state index contributed by atoms with van der Waals surface area (Å²) < 4.78 is 0. The standard InChI is InChI=1S/C10H24S/c1-7-8-9(2)10(3)11(4,5)6/h9-10H,7-8H2,1-6H3/t9-,10+/m1/s1. The van der Waals surface area contributed by atoms with Crippen molar-refractivity contribution in [2.45, 2.75) is 38.9 Å². The summed E-state index contributed by atoms with van der Waals surface area (Å²) in [5, 5.41) is 0.919. The van der Waals surface area contributed by atoms with Gasteiger partial charge in [-0.15, -0.1) is 0 Å². The van der Waals surface area contributed by atoms with Gasteiger partial charge in [0.25, 0.3) is 0 Å². The van der Waals surface area contributed by atoms with E-state index in [1.54, 1.807) is 0 Å². The van der Waals surface area contributed by atoms with Crippen LogP contribution in [0.15, 0.2) is 0 Å². The van der Waals surface area contributed by atoms with Crippen molar-refractivity contribution in [3.63, 3.8) is 0 Å². The summed E-state index contributed by atoms with van der Waals surface area (Å²) in [6, 6.07) is 0. The van der Waals surface area contributed by atoms with Crippen LogP contribution in [-0.4, -0.2) is 24.0 Å². The predicted molar refractivity (Wildman–Crippen MR) is 58.9 cm³/mol. The lowest BCUT2D eigenvalue weighted by Gasteiger charge is -2.37. The maximum Gasteiger partial charge on any atom is -0.0122 e. The van der Waals surface area contributed by atoms with Crippen LogP contribution in [0.5, 0.6) is 0 Å². The van der Waals surface area contributed by atoms with Crippen LogP contribution in [0.1, 0.15) is 33.6 Å². The van der Waals surface area contributed by atoms with E-state index in [1.807, 2.05) is 0 Å². The first kappa shape index (κ1) is 11.4. The van der Waals surface area contributed by atoms with Crippen molar-refractivity contribution in [3.8, 4) is 0 Å². The summed E-state index contributed by atoms with van der Waals surface area (Å²) in [7, 11) is -0.324. The Hall–Kier alpha value is 0.350. The summed E-state index contributed by atoms with van der Waals surface area (Å²) in [6.45, 7) is 7.09. The van der Waals surface area contributed by atoms with Crippen LogP contribution in [0, 0.1) is 5.92 Å². The first-order chi connectivity index (χ1) is 4.89. The highest BCUT2D eigenvalue weighted by atomic mass is 32.3. The Morgan fingerprint density at radius 2 is 1.55 bits per heavy atom. The van der Waals surface area contributed by atoms with Crippen molar-refractivity contribution in [2.75, 3.05) is 18.8 Å². The molecule has 0 aromatic rings. The average Bonchev–Trinajstić information content (AvgIpc) is 1.85. The zero-order chi connectivity index (χ0) is 9.07. The molecule has 0 unspecified atom stereocenters. The van der Waals surface area contributed by atoms with Gasteiger partial charge in [-0.05, 0) is 36.4 Å². The molecular weight excluding hydrogens is 152 g/mol. The molecule has 0 aliphatic rings. The largest absolute Gasteiger partial charge is 0.247 e. The SMILES string of the molecule is CCC[C@@H](C)[C@H](C)S(C)(C)C. The van der Waals surface area contributed by atoms with E-state index in [1.165, 1.54) is 12.8 Å². The Morgan fingerprint density at radius 1 is 1.09 bits per heavy atom. The molecule has 0 aromatic heterocycles. The van der Waals surface area contributed by atoms with E-state index in [0.29, 0.717) is 0 Å². The molecule has 0 N–H and O–H groups in total. The van der Waals surface area contributed by atoms with E-state index in [0.717, 1.165) is 11.2 Å². The van der Waals surface area contributed by atoms with Gasteiger partial charge in [0.2, 0.25) is 0 Å². The van der Waals surface area contributed by atoms with Gasteiger partial charge in [0, 0.05) is 0 Å². The van der Waals surface area contributed by atoms with Crippen LogP contribution in [0.3, 0.4) is 0 Å². The number of hydrogen-bond donors (Lipinski definition) is 0. The summed E-state index contributed by atoms with van der Waals surface area (Å²) in [5.41, 5.74) is 0. The Labute approximate surface area is 74.1 Å². The van der Waals surface area contributed by atoms with Crippen molar-refractivity contribution in [1.29, 1.82) is 0 Å². The molecule has 0 spiro atoms. The van der Waals surface area contributed by atoms with Crippen LogP contribution in [-0.2, 0) is 0 Å². The van der Waals surface area contributed by atoms with Gasteiger partial charge in [0.05, 0.1) is 0 Å². The van der Waals surface area contributed by atoms with Crippen LogP contribution < -0.4 is 0 Å². The lowest BCUT2D eigenvalue weighted by Crippen LogP contribution is -2.20. The molecule has 0 saturated carbocycles. The third-order valence-electron chi connectivity index (χ3n) is 2.66. The van der Waals surface area contributed by atoms with E-state index >= 15 is 0 Å². The second-order valence-corrected chi connectivity index (χ2v) is 9.01. The molecule has 0 nitrogen and oxygen atoms in total. The quantitative estimate of drug-likeness (QED) is 0.615. The average molecular weight is 176 g/mol. The molecule has 70 valence electrons. The third kappa shape index (κ3) is 4.05. The minimum absolute atomic E-state index is 0.324. The zero-order valence-electron chi connectivity index (χ0n) is 8.98. The van der Waals surface area contributed by atoms with Crippen molar-refractivity contribution in [3.05, 3.63) is 0 Å². The Bertz CT molecular complexity index is 102. The topological polar surface area (TPSA) is 0 Å². The molecule has 0 rings (SSSR count). The van der Waals surface area contributed by atoms with E-state index < -0.39 is 0 Å². The van der Waals surface area contributed by atoms with Crippen molar-refractivity contribution in [1.82, 2.24) is 0 Å². The molecule has 2 atom stereocenters. The molecule has 0 aliphatic heterocycles. The predicted octanol–water partition coefficient (Wildman–Crippen LogP) is 3.51. The Kier molecular flexibility index (Phi) is 4.53. The fraction of sp³-hybridized carbons (Fsp3) is 1.00. The zero-order valence-corrected chi connectivity index (χ0v) is 9.79. The van der Waals surface area contributed by atoms with Gasteiger partial charge in [0.1, 0.15) is 0 Å². The molecule has 0 amide bonds. The molecule has 0 heterocycles. The molecule has 0 fully saturated rings. The lowest BCUT2D eigenvalue weighted by atomic mass is 10.0. The summed E-state index contributed by atoms with van der Waals surface area (Å²) >= 11 is 0. The van der Waals surface area contributed by atoms with Crippen molar-refractivity contribution < 1.29 is 0 Å². The van der Waals surface area contributed by atoms with E-state index in [-0.39, 0.29) is 10.0 Å². The van der Waals surface area contributed by atoms with Gasteiger partial charge in [-0.2, -0.15) is 0 Å². The summed E-state index contributed by atoms with van der Waals surface area (Å²) in [5.74, 6) is 0.912.